The molecule has 8 nitrogen and oxygen atoms in total. The molecule has 2 unspecified atom stereocenters. The van der Waals surface area contributed by atoms with Crippen LogP contribution in [0.25, 0.3) is 0 Å². The van der Waals surface area contributed by atoms with Crippen LogP contribution in [-0.2, 0) is 32.7 Å². The van der Waals surface area contributed by atoms with Gasteiger partial charge >= 0.3 is 19.8 Å². The van der Waals surface area contributed by atoms with Gasteiger partial charge in [0.25, 0.3) is 0 Å². The van der Waals surface area contributed by atoms with Crippen LogP contribution in [0.15, 0.2) is 12.2 Å². The van der Waals surface area contributed by atoms with Crippen LogP contribution in [0.5, 0.6) is 0 Å². The summed E-state index contributed by atoms with van der Waals surface area (Å²) in [5.74, 6) is -0.805. The number of ether oxygens (including phenoxy) is 2. The van der Waals surface area contributed by atoms with Gasteiger partial charge in [-0.25, -0.2) is 4.57 Å². The maximum atomic E-state index is 12.5. The highest BCUT2D eigenvalue weighted by atomic mass is 31.2. The van der Waals surface area contributed by atoms with E-state index in [4.69, 9.17) is 14.0 Å². The average molecular weight is 703 g/mol. The Balaban J connectivity index is 4.03. The molecule has 48 heavy (non-hydrogen) atoms. The molecule has 0 aliphatic rings. The van der Waals surface area contributed by atoms with Crippen molar-refractivity contribution < 1.29 is 37.6 Å². The summed E-state index contributed by atoms with van der Waals surface area (Å²) in [5, 5.41) is 0. The lowest BCUT2D eigenvalue weighted by Gasteiger charge is -2.19. The highest BCUT2D eigenvalue weighted by Crippen LogP contribution is 2.42. The van der Waals surface area contributed by atoms with E-state index in [2.05, 4.69) is 30.5 Å². The van der Waals surface area contributed by atoms with E-state index >= 15 is 0 Å². The summed E-state index contributed by atoms with van der Waals surface area (Å²) < 4.78 is 31.9. The van der Waals surface area contributed by atoms with Gasteiger partial charge in [0.05, 0.1) is 6.61 Å². The van der Waals surface area contributed by atoms with E-state index in [9.17, 15) is 19.0 Å². The fourth-order valence-electron chi connectivity index (χ4n) is 5.65. The van der Waals surface area contributed by atoms with Gasteiger partial charge in [0.2, 0.25) is 0 Å². The third-order valence-electron chi connectivity index (χ3n) is 8.76. The molecular formula is C39H75O8P. The summed E-state index contributed by atoms with van der Waals surface area (Å²) >= 11 is 0. The first-order valence-corrected chi connectivity index (χ1v) is 21.4. The fraction of sp³-hybridized carbons (Fsp3) is 0.897. The zero-order valence-corrected chi connectivity index (χ0v) is 32.3. The van der Waals surface area contributed by atoms with Crippen LogP contribution in [-0.4, -0.2) is 43.3 Å². The summed E-state index contributed by atoms with van der Waals surface area (Å²) in [6.45, 7) is 3.88. The topological polar surface area (TPSA) is 108 Å². The predicted molar refractivity (Wildman–Crippen MR) is 198 cm³/mol. The van der Waals surface area contributed by atoms with E-state index in [1.165, 1.54) is 116 Å². The number of phosphoric acid groups is 1. The molecule has 0 saturated heterocycles. The van der Waals surface area contributed by atoms with Gasteiger partial charge in [-0.05, 0) is 38.5 Å². The molecular weight excluding hydrogens is 627 g/mol. The SMILES string of the molecule is CCCCCCCC/C=C\CCCCCCCC(=O)OC(COC(=O)CCCCCCCCCCCCCCCC)COP(=O)(O)OC. The Morgan fingerprint density at radius 2 is 0.938 bits per heavy atom. The summed E-state index contributed by atoms with van der Waals surface area (Å²) in [4.78, 5) is 34.3. The van der Waals surface area contributed by atoms with Crippen molar-refractivity contribution in [2.45, 2.75) is 206 Å². The Labute approximate surface area is 295 Å². The van der Waals surface area contributed by atoms with Gasteiger partial charge < -0.3 is 14.4 Å². The highest BCUT2D eigenvalue weighted by Gasteiger charge is 2.24. The average Bonchev–Trinajstić information content (AvgIpc) is 3.07. The second-order valence-corrected chi connectivity index (χ2v) is 15.0. The summed E-state index contributed by atoms with van der Waals surface area (Å²) in [6, 6.07) is 0. The normalized spacial score (nSPS) is 13.5. The van der Waals surface area contributed by atoms with Crippen molar-refractivity contribution in [1.82, 2.24) is 0 Å². The van der Waals surface area contributed by atoms with E-state index < -0.39 is 26.5 Å². The Kier molecular flexibility index (Phi) is 34.7. The largest absolute Gasteiger partial charge is 0.472 e. The summed E-state index contributed by atoms with van der Waals surface area (Å²) in [6.07, 6.45) is 36.8. The first kappa shape index (κ1) is 46.8. The van der Waals surface area contributed by atoms with Crippen molar-refractivity contribution in [3.8, 4) is 0 Å². The fourth-order valence-corrected chi connectivity index (χ4v) is 6.11. The number of phosphoric ester groups is 1. The molecule has 9 heteroatoms. The van der Waals surface area contributed by atoms with Crippen LogP contribution in [0.4, 0.5) is 0 Å². The first-order valence-electron chi connectivity index (χ1n) is 19.9. The van der Waals surface area contributed by atoms with E-state index in [1.807, 2.05) is 0 Å². The van der Waals surface area contributed by atoms with Crippen LogP contribution in [0, 0.1) is 0 Å². The van der Waals surface area contributed by atoms with Gasteiger partial charge in [0.15, 0.2) is 6.10 Å². The Morgan fingerprint density at radius 1 is 0.562 bits per heavy atom. The third-order valence-corrected chi connectivity index (χ3v) is 9.70. The van der Waals surface area contributed by atoms with Gasteiger partial charge in [-0.1, -0.05) is 161 Å². The quantitative estimate of drug-likeness (QED) is 0.0295. The van der Waals surface area contributed by atoms with Crippen molar-refractivity contribution in [2.75, 3.05) is 20.3 Å². The van der Waals surface area contributed by atoms with Crippen molar-refractivity contribution in [3.63, 3.8) is 0 Å². The molecule has 0 saturated carbocycles. The molecule has 0 aromatic heterocycles. The monoisotopic (exact) mass is 703 g/mol. The molecule has 2 atom stereocenters. The molecule has 0 radical (unpaired) electrons. The minimum atomic E-state index is -4.25. The maximum Gasteiger partial charge on any atom is 0.472 e. The van der Waals surface area contributed by atoms with Crippen LogP contribution in [0.2, 0.25) is 0 Å². The first-order chi connectivity index (χ1) is 23.3. The second-order valence-electron chi connectivity index (χ2n) is 13.4. The van der Waals surface area contributed by atoms with Gasteiger partial charge in [0, 0.05) is 20.0 Å². The minimum Gasteiger partial charge on any atom is -0.462 e. The number of carbonyl (C=O) groups excluding carboxylic acids is 2. The Hall–Kier alpha value is -1.21. The Morgan fingerprint density at radius 3 is 1.35 bits per heavy atom. The van der Waals surface area contributed by atoms with Crippen LogP contribution in [0.3, 0.4) is 0 Å². The highest BCUT2D eigenvalue weighted by molar-refractivity contribution is 7.47. The van der Waals surface area contributed by atoms with E-state index in [1.54, 1.807) is 0 Å². The van der Waals surface area contributed by atoms with Gasteiger partial charge in [-0.15, -0.1) is 0 Å². The number of rotatable bonds is 37. The number of allylic oxidation sites excluding steroid dienone is 2. The van der Waals surface area contributed by atoms with Crippen LogP contribution < -0.4 is 0 Å². The molecule has 0 aromatic carbocycles. The predicted octanol–water partition coefficient (Wildman–Crippen LogP) is 12.1. The number of hydrogen-bond donors (Lipinski definition) is 1. The van der Waals surface area contributed by atoms with Gasteiger partial charge in [0.1, 0.15) is 6.61 Å². The molecule has 0 aromatic rings. The van der Waals surface area contributed by atoms with Crippen molar-refractivity contribution in [3.05, 3.63) is 12.2 Å². The van der Waals surface area contributed by atoms with E-state index in [0.29, 0.717) is 12.8 Å². The number of esters is 2. The standard InChI is InChI=1S/C39H75O8P/c1-4-6-8-10-12-14-16-18-20-22-24-26-28-30-32-34-39(41)47-37(36-46-48(42,43)44-3)35-45-38(40)33-31-29-27-25-23-21-19-17-15-13-11-9-7-5-2/h18,20,37H,4-17,19,21-36H2,1-3H3,(H,42,43)/b20-18-. The van der Waals surface area contributed by atoms with E-state index in [0.717, 1.165) is 58.5 Å². The number of hydrogen-bond acceptors (Lipinski definition) is 7. The van der Waals surface area contributed by atoms with Gasteiger partial charge in [-0.3, -0.25) is 18.6 Å². The number of unbranched alkanes of at least 4 members (excludes halogenated alkanes) is 24. The van der Waals surface area contributed by atoms with Crippen LogP contribution >= 0.6 is 7.82 Å². The van der Waals surface area contributed by atoms with E-state index in [-0.39, 0.29) is 19.0 Å². The molecule has 0 rings (SSSR count). The minimum absolute atomic E-state index is 0.223. The molecule has 284 valence electrons. The van der Waals surface area contributed by atoms with Crippen molar-refractivity contribution in [2.24, 2.45) is 0 Å². The summed E-state index contributed by atoms with van der Waals surface area (Å²) in [7, 11) is -3.19. The summed E-state index contributed by atoms with van der Waals surface area (Å²) in [5.41, 5.74) is 0. The third kappa shape index (κ3) is 34.6. The zero-order valence-electron chi connectivity index (χ0n) is 31.4. The molecule has 0 spiro atoms. The molecule has 0 amide bonds. The maximum absolute atomic E-state index is 12.5. The zero-order chi connectivity index (χ0) is 35.4. The van der Waals surface area contributed by atoms with Gasteiger partial charge in [-0.2, -0.15) is 0 Å². The Bertz CT molecular complexity index is 803. The molecule has 0 aliphatic heterocycles. The molecule has 0 bridgehead atoms. The number of carbonyl (C=O) groups is 2. The molecule has 0 heterocycles. The second kappa shape index (κ2) is 35.6. The lowest BCUT2D eigenvalue weighted by molar-refractivity contribution is -0.161. The van der Waals surface area contributed by atoms with Crippen molar-refractivity contribution >= 4 is 19.8 Å². The van der Waals surface area contributed by atoms with Crippen LogP contribution in [0.1, 0.15) is 200 Å². The molecule has 0 fully saturated rings. The molecule has 1 N–H and O–H groups in total. The molecule has 0 aliphatic carbocycles. The lowest BCUT2D eigenvalue weighted by Crippen LogP contribution is -2.29. The smallest absolute Gasteiger partial charge is 0.462 e. The van der Waals surface area contributed by atoms with Crippen molar-refractivity contribution in [1.29, 1.82) is 0 Å². The lowest BCUT2D eigenvalue weighted by atomic mass is 10.0.